The van der Waals surface area contributed by atoms with Gasteiger partial charge in [-0.25, -0.2) is 4.98 Å². The van der Waals surface area contributed by atoms with Crippen LogP contribution in [0.25, 0.3) is 5.95 Å². The third-order valence-corrected chi connectivity index (χ3v) is 3.12. The van der Waals surface area contributed by atoms with Gasteiger partial charge in [0.15, 0.2) is 0 Å². The van der Waals surface area contributed by atoms with Crippen molar-refractivity contribution < 1.29 is 4.74 Å². The van der Waals surface area contributed by atoms with E-state index in [1.807, 2.05) is 6.92 Å². The van der Waals surface area contributed by atoms with Gasteiger partial charge in [-0.05, 0) is 24.4 Å². The SMILES string of the molecule is CCOCC(Nc1nc(Cl)nc(-n2ccnc2)n1)C(C)C. The second kappa shape index (κ2) is 7.33. The highest BCUT2D eigenvalue weighted by atomic mass is 35.5. The van der Waals surface area contributed by atoms with E-state index < -0.39 is 0 Å². The van der Waals surface area contributed by atoms with Gasteiger partial charge in [0, 0.05) is 19.0 Å². The molecule has 0 saturated heterocycles. The largest absolute Gasteiger partial charge is 0.380 e. The smallest absolute Gasteiger partial charge is 0.241 e. The van der Waals surface area contributed by atoms with Crippen LogP contribution in [0.4, 0.5) is 5.95 Å². The van der Waals surface area contributed by atoms with E-state index in [2.05, 4.69) is 39.1 Å². The Balaban J connectivity index is 2.19. The van der Waals surface area contributed by atoms with Gasteiger partial charge in [-0.15, -0.1) is 0 Å². The maximum atomic E-state index is 5.97. The highest BCUT2D eigenvalue weighted by molar-refractivity contribution is 6.28. The van der Waals surface area contributed by atoms with Gasteiger partial charge in [-0.3, -0.25) is 4.57 Å². The van der Waals surface area contributed by atoms with E-state index in [1.165, 1.54) is 0 Å². The minimum absolute atomic E-state index is 0.0963. The average molecular weight is 311 g/mol. The van der Waals surface area contributed by atoms with Crippen LogP contribution in [0, 0.1) is 5.92 Å². The third-order valence-electron chi connectivity index (χ3n) is 2.95. The van der Waals surface area contributed by atoms with Gasteiger partial charge in [0.2, 0.25) is 17.2 Å². The molecule has 1 unspecified atom stereocenters. The van der Waals surface area contributed by atoms with Gasteiger partial charge >= 0.3 is 0 Å². The lowest BCUT2D eigenvalue weighted by molar-refractivity contribution is 0.126. The number of nitrogens with one attached hydrogen (secondary N) is 1. The van der Waals surface area contributed by atoms with Crippen LogP contribution in [-0.2, 0) is 4.74 Å². The first-order valence-corrected chi connectivity index (χ1v) is 7.22. The first-order valence-electron chi connectivity index (χ1n) is 6.84. The Hall–Kier alpha value is -1.73. The molecule has 2 aromatic rings. The summed E-state index contributed by atoms with van der Waals surface area (Å²) in [5, 5.41) is 3.39. The summed E-state index contributed by atoms with van der Waals surface area (Å²) in [6.45, 7) is 7.43. The second-order valence-electron chi connectivity index (χ2n) is 4.85. The summed E-state index contributed by atoms with van der Waals surface area (Å²) in [6, 6.07) is 0.0963. The Morgan fingerprint density at radius 3 is 2.76 bits per heavy atom. The maximum Gasteiger partial charge on any atom is 0.241 e. The summed E-state index contributed by atoms with van der Waals surface area (Å²) >= 11 is 5.97. The molecule has 0 aliphatic carbocycles. The number of hydrogen-bond acceptors (Lipinski definition) is 6. The van der Waals surface area contributed by atoms with Crippen LogP contribution in [0.15, 0.2) is 18.7 Å². The van der Waals surface area contributed by atoms with Gasteiger partial charge in [0.25, 0.3) is 0 Å². The molecular formula is C13H19ClN6O. The van der Waals surface area contributed by atoms with Crippen LogP contribution in [0.1, 0.15) is 20.8 Å². The van der Waals surface area contributed by atoms with Crippen LogP contribution in [0.2, 0.25) is 5.28 Å². The molecule has 8 heteroatoms. The van der Waals surface area contributed by atoms with E-state index in [-0.39, 0.29) is 11.3 Å². The van der Waals surface area contributed by atoms with Gasteiger partial charge in [-0.1, -0.05) is 13.8 Å². The number of ether oxygens (including phenoxy) is 1. The molecule has 7 nitrogen and oxygen atoms in total. The van der Waals surface area contributed by atoms with Crippen molar-refractivity contribution in [3.05, 3.63) is 24.0 Å². The lowest BCUT2D eigenvalue weighted by atomic mass is 10.1. The Bertz CT molecular complexity index is 560. The molecule has 0 aliphatic rings. The van der Waals surface area contributed by atoms with E-state index in [9.17, 15) is 0 Å². The molecular weight excluding hydrogens is 292 g/mol. The van der Waals surface area contributed by atoms with Crippen molar-refractivity contribution in [2.45, 2.75) is 26.8 Å². The quantitative estimate of drug-likeness (QED) is 0.844. The van der Waals surface area contributed by atoms with Crippen molar-refractivity contribution in [2.75, 3.05) is 18.5 Å². The van der Waals surface area contributed by atoms with Gasteiger partial charge in [0.1, 0.15) is 6.33 Å². The van der Waals surface area contributed by atoms with Crippen LogP contribution in [0.5, 0.6) is 0 Å². The van der Waals surface area contributed by atoms with Crippen molar-refractivity contribution in [3.63, 3.8) is 0 Å². The maximum absolute atomic E-state index is 5.97. The minimum Gasteiger partial charge on any atom is -0.380 e. The lowest BCUT2D eigenvalue weighted by Crippen LogP contribution is -2.32. The van der Waals surface area contributed by atoms with E-state index >= 15 is 0 Å². The summed E-state index contributed by atoms with van der Waals surface area (Å²) in [6.07, 6.45) is 5.00. The second-order valence-corrected chi connectivity index (χ2v) is 5.19. The number of aromatic nitrogens is 5. The topological polar surface area (TPSA) is 77.8 Å². The van der Waals surface area contributed by atoms with Gasteiger partial charge in [-0.2, -0.15) is 15.0 Å². The molecule has 0 aromatic carbocycles. The third kappa shape index (κ3) is 4.37. The fourth-order valence-electron chi connectivity index (χ4n) is 1.71. The van der Waals surface area contributed by atoms with Crippen LogP contribution in [0.3, 0.4) is 0 Å². The van der Waals surface area contributed by atoms with Crippen LogP contribution >= 0.6 is 11.6 Å². The lowest BCUT2D eigenvalue weighted by Gasteiger charge is -2.22. The monoisotopic (exact) mass is 310 g/mol. The van der Waals surface area contributed by atoms with Gasteiger partial charge < -0.3 is 10.1 Å². The van der Waals surface area contributed by atoms with Crippen molar-refractivity contribution in [3.8, 4) is 5.95 Å². The Morgan fingerprint density at radius 2 is 2.14 bits per heavy atom. The van der Waals surface area contributed by atoms with Crippen molar-refractivity contribution in [2.24, 2.45) is 5.92 Å². The summed E-state index contributed by atoms with van der Waals surface area (Å²) in [5.74, 6) is 1.22. The highest BCUT2D eigenvalue weighted by Crippen LogP contribution is 2.13. The summed E-state index contributed by atoms with van der Waals surface area (Å²) < 4.78 is 7.15. The number of imidazole rings is 1. The Labute approximate surface area is 128 Å². The highest BCUT2D eigenvalue weighted by Gasteiger charge is 2.16. The molecule has 0 amide bonds. The normalized spacial score (nSPS) is 12.6. The van der Waals surface area contributed by atoms with Crippen molar-refractivity contribution >= 4 is 17.5 Å². The minimum atomic E-state index is 0.0963. The zero-order chi connectivity index (χ0) is 15.2. The Kier molecular flexibility index (Phi) is 5.46. The van der Waals surface area contributed by atoms with E-state index in [0.717, 1.165) is 0 Å². The molecule has 0 radical (unpaired) electrons. The molecule has 1 atom stereocenters. The molecule has 0 bridgehead atoms. The Morgan fingerprint density at radius 1 is 1.33 bits per heavy atom. The number of halogens is 1. The number of rotatable bonds is 7. The van der Waals surface area contributed by atoms with Crippen molar-refractivity contribution in [1.29, 1.82) is 0 Å². The molecule has 1 N–H and O–H groups in total. The molecule has 0 saturated carbocycles. The molecule has 2 rings (SSSR count). The van der Waals surface area contributed by atoms with E-state index in [4.69, 9.17) is 16.3 Å². The zero-order valence-electron chi connectivity index (χ0n) is 12.3. The van der Waals surface area contributed by atoms with Gasteiger partial charge in [0.05, 0.1) is 12.6 Å². The summed E-state index contributed by atoms with van der Waals surface area (Å²) in [7, 11) is 0. The first kappa shape index (κ1) is 15.7. The molecule has 0 spiro atoms. The number of anilines is 1. The van der Waals surface area contributed by atoms with Crippen LogP contribution in [-0.4, -0.2) is 43.8 Å². The molecule has 2 aromatic heterocycles. The van der Waals surface area contributed by atoms with E-state index in [1.54, 1.807) is 23.3 Å². The van der Waals surface area contributed by atoms with Crippen LogP contribution < -0.4 is 5.32 Å². The predicted octanol–water partition coefficient (Wildman–Crippen LogP) is 2.18. The summed E-state index contributed by atoms with van der Waals surface area (Å²) in [4.78, 5) is 16.5. The fraction of sp³-hybridized carbons (Fsp3) is 0.538. The van der Waals surface area contributed by atoms with Crippen molar-refractivity contribution in [1.82, 2.24) is 24.5 Å². The first-order chi connectivity index (χ1) is 10.1. The molecule has 2 heterocycles. The number of nitrogens with zero attached hydrogens (tertiary/aromatic N) is 5. The molecule has 114 valence electrons. The predicted molar refractivity (Wildman–Crippen MR) is 80.7 cm³/mol. The zero-order valence-corrected chi connectivity index (χ0v) is 13.1. The van der Waals surface area contributed by atoms with E-state index in [0.29, 0.717) is 31.0 Å². The molecule has 0 aliphatic heterocycles. The summed E-state index contributed by atoms with van der Waals surface area (Å²) in [5.41, 5.74) is 0. The molecule has 21 heavy (non-hydrogen) atoms. The fourth-order valence-corrected chi connectivity index (χ4v) is 1.86. The number of hydrogen-bond donors (Lipinski definition) is 1. The standard InChI is InChI=1S/C13H19ClN6O/c1-4-21-7-10(9(2)3)16-12-17-11(14)18-13(19-12)20-6-5-15-8-20/h5-6,8-10H,4,7H2,1-3H3,(H,16,17,18,19). The average Bonchev–Trinajstić information content (AvgIpc) is 2.96. The molecule has 0 fully saturated rings.